The van der Waals surface area contributed by atoms with Gasteiger partial charge in [-0.3, -0.25) is 14.2 Å². The molecule has 0 saturated carbocycles. The molecular weight excluding hydrogens is 444 g/mol. The van der Waals surface area contributed by atoms with Crippen LogP contribution < -0.4 is 10.9 Å². The van der Waals surface area contributed by atoms with Crippen molar-refractivity contribution in [1.82, 2.24) is 14.9 Å². The number of hydrogen-bond donors (Lipinski definition) is 1. The summed E-state index contributed by atoms with van der Waals surface area (Å²) < 4.78 is 28.5. The first-order chi connectivity index (χ1) is 16.0. The summed E-state index contributed by atoms with van der Waals surface area (Å²) in [5.74, 6) is -0.630. The van der Waals surface area contributed by atoms with Crippen LogP contribution in [-0.2, 0) is 5.75 Å². The van der Waals surface area contributed by atoms with Crippen molar-refractivity contribution in [2.45, 2.75) is 24.3 Å². The van der Waals surface area contributed by atoms with Crippen LogP contribution in [0.2, 0.25) is 0 Å². The van der Waals surface area contributed by atoms with E-state index >= 15 is 0 Å². The monoisotopic (exact) mass is 465 g/mol. The molecule has 1 heterocycles. The minimum absolute atomic E-state index is 0.240. The number of benzene rings is 3. The number of hydrogen-bond acceptors (Lipinski definition) is 4. The minimum atomic E-state index is -0.475. The molecule has 0 aliphatic heterocycles. The molecule has 168 valence electrons. The standard InChI is InChI=1S/C25H21F2N3O2S/c1-2-12-28-23(31)17-8-11-21-22(13-17)29-25(33-15-16-6-9-18(26)10-7-16)30(24(21)32)20-5-3-4-19(27)14-20/h3-11,13-14H,2,12,15H2,1H3,(H,28,31). The Morgan fingerprint density at radius 3 is 2.55 bits per heavy atom. The van der Waals surface area contributed by atoms with E-state index in [1.807, 2.05) is 6.92 Å². The van der Waals surface area contributed by atoms with E-state index in [1.165, 1.54) is 46.7 Å². The normalized spacial score (nSPS) is 11.0. The van der Waals surface area contributed by atoms with Gasteiger partial charge in [-0.05, 0) is 60.5 Å². The number of carbonyl (C=O) groups is 1. The minimum Gasteiger partial charge on any atom is -0.352 e. The van der Waals surface area contributed by atoms with Crippen molar-refractivity contribution < 1.29 is 13.6 Å². The van der Waals surface area contributed by atoms with Crippen LogP contribution in [-0.4, -0.2) is 22.0 Å². The zero-order valence-corrected chi connectivity index (χ0v) is 18.7. The molecule has 0 spiro atoms. The van der Waals surface area contributed by atoms with Gasteiger partial charge in [-0.15, -0.1) is 0 Å². The highest BCUT2D eigenvalue weighted by atomic mass is 32.2. The molecule has 8 heteroatoms. The Labute approximate surface area is 193 Å². The van der Waals surface area contributed by atoms with E-state index in [0.717, 1.165) is 12.0 Å². The summed E-state index contributed by atoms with van der Waals surface area (Å²) >= 11 is 1.27. The largest absolute Gasteiger partial charge is 0.352 e. The molecule has 0 atom stereocenters. The van der Waals surface area contributed by atoms with Crippen LogP contribution in [0.3, 0.4) is 0 Å². The number of fused-ring (bicyclic) bond motifs is 1. The van der Waals surface area contributed by atoms with Gasteiger partial charge in [-0.2, -0.15) is 0 Å². The SMILES string of the molecule is CCCNC(=O)c1ccc2c(=O)n(-c3cccc(F)c3)c(SCc3ccc(F)cc3)nc2c1. The third-order valence-electron chi connectivity index (χ3n) is 4.98. The van der Waals surface area contributed by atoms with Crippen LogP contribution in [0.15, 0.2) is 76.7 Å². The third-order valence-corrected chi connectivity index (χ3v) is 5.99. The maximum Gasteiger partial charge on any atom is 0.266 e. The van der Waals surface area contributed by atoms with E-state index in [9.17, 15) is 18.4 Å². The number of halogens is 2. The highest BCUT2D eigenvalue weighted by Crippen LogP contribution is 2.25. The van der Waals surface area contributed by atoms with E-state index < -0.39 is 5.82 Å². The van der Waals surface area contributed by atoms with Gasteiger partial charge in [-0.25, -0.2) is 13.8 Å². The van der Waals surface area contributed by atoms with Gasteiger partial charge in [-0.1, -0.05) is 36.9 Å². The predicted octanol–water partition coefficient (Wildman–Crippen LogP) is 5.10. The van der Waals surface area contributed by atoms with Gasteiger partial charge in [0.1, 0.15) is 11.6 Å². The van der Waals surface area contributed by atoms with Crippen LogP contribution in [0.4, 0.5) is 8.78 Å². The van der Waals surface area contributed by atoms with Gasteiger partial charge in [0.15, 0.2) is 5.16 Å². The van der Waals surface area contributed by atoms with Gasteiger partial charge >= 0.3 is 0 Å². The highest BCUT2D eigenvalue weighted by molar-refractivity contribution is 7.98. The lowest BCUT2D eigenvalue weighted by atomic mass is 10.1. The second kappa shape index (κ2) is 9.95. The summed E-state index contributed by atoms with van der Waals surface area (Å²) in [6.07, 6.45) is 0.806. The molecule has 0 radical (unpaired) electrons. The van der Waals surface area contributed by atoms with Crippen molar-refractivity contribution in [1.29, 1.82) is 0 Å². The van der Waals surface area contributed by atoms with Gasteiger partial charge in [0.25, 0.3) is 11.5 Å². The van der Waals surface area contributed by atoms with Crippen molar-refractivity contribution in [2.24, 2.45) is 0 Å². The Balaban J connectivity index is 1.81. The van der Waals surface area contributed by atoms with E-state index in [2.05, 4.69) is 10.3 Å². The van der Waals surface area contributed by atoms with E-state index in [1.54, 1.807) is 36.4 Å². The number of amides is 1. The molecule has 4 rings (SSSR count). The Morgan fingerprint density at radius 2 is 1.82 bits per heavy atom. The zero-order chi connectivity index (χ0) is 23.4. The number of thioether (sulfide) groups is 1. The van der Waals surface area contributed by atoms with Gasteiger partial charge in [0.2, 0.25) is 0 Å². The van der Waals surface area contributed by atoms with Crippen molar-refractivity contribution in [2.75, 3.05) is 6.54 Å². The quantitative estimate of drug-likeness (QED) is 0.305. The Hall–Kier alpha value is -3.52. The summed E-state index contributed by atoms with van der Waals surface area (Å²) in [6, 6.07) is 16.5. The van der Waals surface area contributed by atoms with E-state index in [4.69, 9.17) is 0 Å². The number of carbonyl (C=O) groups excluding carboxylic acids is 1. The third kappa shape index (κ3) is 5.12. The summed E-state index contributed by atoms with van der Waals surface area (Å²) in [6.45, 7) is 2.51. The molecule has 0 fully saturated rings. The lowest BCUT2D eigenvalue weighted by Crippen LogP contribution is -2.25. The summed E-state index contributed by atoms with van der Waals surface area (Å²) in [4.78, 5) is 30.4. The molecule has 1 aromatic heterocycles. The van der Waals surface area contributed by atoms with E-state index in [0.29, 0.717) is 39.6 Å². The molecule has 0 unspecified atom stereocenters. The molecule has 5 nitrogen and oxygen atoms in total. The topological polar surface area (TPSA) is 64.0 Å². The van der Waals surface area contributed by atoms with E-state index in [-0.39, 0.29) is 17.3 Å². The molecule has 4 aromatic rings. The van der Waals surface area contributed by atoms with Crippen molar-refractivity contribution in [3.05, 3.63) is 99.8 Å². The fourth-order valence-corrected chi connectivity index (χ4v) is 4.28. The second-order valence-electron chi connectivity index (χ2n) is 7.42. The maximum absolute atomic E-state index is 13.9. The predicted molar refractivity (Wildman–Crippen MR) is 126 cm³/mol. The molecule has 0 aliphatic rings. The van der Waals surface area contributed by atoms with Crippen LogP contribution in [0.25, 0.3) is 16.6 Å². The maximum atomic E-state index is 13.9. The highest BCUT2D eigenvalue weighted by Gasteiger charge is 2.16. The lowest BCUT2D eigenvalue weighted by Gasteiger charge is -2.14. The first-order valence-electron chi connectivity index (χ1n) is 10.4. The summed E-state index contributed by atoms with van der Waals surface area (Å²) in [5, 5.41) is 3.47. The number of aromatic nitrogens is 2. The van der Waals surface area contributed by atoms with Crippen molar-refractivity contribution in [3.63, 3.8) is 0 Å². The summed E-state index contributed by atoms with van der Waals surface area (Å²) in [7, 11) is 0. The lowest BCUT2D eigenvalue weighted by molar-refractivity contribution is 0.0953. The zero-order valence-electron chi connectivity index (χ0n) is 17.8. The molecule has 0 aliphatic carbocycles. The fraction of sp³-hybridized carbons (Fsp3) is 0.160. The fourth-order valence-electron chi connectivity index (χ4n) is 3.32. The number of nitrogens with zero attached hydrogens (tertiary/aromatic N) is 2. The van der Waals surface area contributed by atoms with Crippen LogP contribution >= 0.6 is 11.8 Å². The average molecular weight is 466 g/mol. The molecule has 1 N–H and O–H groups in total. The van der Waals surface area contributed by atoms with Crippen LogP contribution in [0, 0.1) is 11.6 Å². The average Bonchev–Trinajstić information content (AvgIpc) is 2.82. The first kappa shape index (κ1) is 22.7. The van der Waals surface area contributed by atoms with Crippen molar-refractivity contribution >= 4 is 28.6 Å². The molecule has 1 amide bonds. The van der Waals surface area contributed by atoms with Gasteiger partial charge < -0.3 is 5.32 Å². The Morgan fingerprint density at radius 1 is 1.03 bits per heavy atom. The molecular formula is C25H21F2N3O2S. The molecule has 3 aromatic carbocycles. The number of rotatable bonds is 7. The second-order valence-corrected chi connectivity index (χ2v) is 8.36. The van der Waals surface area contributed by atoms with Gasteiger partial charge in [0.05, 0.1) is 16.6 Å². The van der Waals surface area contributed by atoms with Crippen molar-refractivity contribution in [3.8, 4) is 5.69 Å². The Kier molecular flexibility index (Phi) is 6.84. The number of nitrogens with one attached hydrogen (secondary N) is 1. The van der Waals surface area contributed by atoms with Crippen LogP contribution in [0.5, 0.6) is 0 Å². The van der Waals surface area contributed by atoms with Crippen LogP contribution in [0.1, 0.15) is 29.3 Å². The molecule has 0 saturated heterocycles. The summed E-state index contributed by atoms with van der Waals surface area (Å²) in [5.41, 5.74) is 1.60. The van der Waals surface area contributed by atoms with Gasteiger partial charge in [0, 0.05) is 17.9 Å². The Bertz CT molecular complexity index is 1370. The smallest absolute Gasteiger partial charge is 0.266 e. The first-order valence-corrected chi connectivity index (χ1v) is 11.4. The molecule has 0 bridgehead atoms. The molecule has 33 heavy (non-hydrogen) atoms.